The molecule has 0 aliphatic carbocycles. The first-order chi connectivity index (χ1) is 17.2. The molecule has 0 radical (unpaired) electrons. The average Bonchev–Trinajstić information content (AvgIpc) is 2.85. The molecule has 8 nitrogen and oxygen atoms in total. The molecule has 2 aromatic rings. The third-order valence-corrected chi connectivity index (χ3v) is 6.66. The van der Waals surface area contributed by atoms with Crippen molar-refractivity contribution in [3.05, 3.63) is 65.7 Å². The number of hydrazone groups is 1. The van der Waals surface area contributed by atoms with Gasteiger partial charge in [-0.25, -0.2) is 10.2 Å². The van der Waals surface area contributed by atoms with Gasteiger partial charge in [0.2, 0.25) is 0 Å². The maximum atomic E-state index is 13.1. The number of hydrogen-bond donors (Lipinski definition) is 1. The quantitative estimate of drug-likeness (QED) is 0.695. The van der Waals surface area contributed by atoms with Crippen LogP contribution in [0.4, 0.5) is 10.5 Å². The SMILES string of the molecule is C[C@H]1C(=O)NN=C2COc3ccc(C4=CCN(C(=O)OC(C)(C)C)[C@H](Cc5ccccc5)C4)cc3N21. The Morgan fingerprint density at radius 1 is 1.19 bits per heavy atom. The minimum Gasteiger partial charge on any atom is -0.483 e. The standard InChI is InChI=1S/C28H32N4O4/c1-18-26(33)30-29-25-17-35-24-11-10-20(16-23(24)32(18)25)21-12-13-31(27(34)36-28(2,3)4)22(15-21)14-19-8-6-5-7-9-19/h5-12,16,18,22H,13-15,17H2,1-4H3,(H,30,33)/t18-,22+/m0/s1. The van der Waals surface area contributed by atoms with Crippen LogP contribution in [-0.4, -0.2) is 53.6 Å². The Hall–Kier alpha value is -3.81. The van der Waals surface area contributed by atoms with Crippen LogP contribution in [0.25, 0.3) is 5.57 Å². The van der Waals surface area contributed by atoms with Gasteiger partial charge in [-0.05, 0) is 69.4 Å². The van der Waals surface area contributed by atoms with Crippen LogP contribution < -0.4 is 15.1 Å². The number of amides is 2. The number of carbonyl (C=O) groups excluding carboxylic acids is 2. The van der Waals surface area contributed by atoms with Gasteiger partial charge in [0.25, 0.3) is 5.91 Å². The average molecular weight is 489 g/mol. The summed E-state index contributed by atoms with van der Waals surface area (Å²) in [6.45, 7) is 8.29. The molecule has 0 bridgehead atoms. The largest absolute Gasteiger partial charge is 0.483 e. The minimum absolute atomic E-state index is 0.0497. The summed E-state index contributed by atoms with van der Waals surface area (Å²) in [6, 6.07) is 15.8. The smallest absolute Gasteiger partial charge is 0.410 e. The highest BCUT2D eigenvalue weighted by Gasteiger charge is 2.36. The van der Waals surface area contributed by atoms with Crippen LogP contribution in [0.15, 0.2) is 59.7 Å². The molecule has 5 rings (SSSR count). The topological polar surface area (TPSA) is 83.5 Å². The van der Waals surface area contributed by atoms with Crippen LogP contribution in [0.5, 0.6) is 5.75 Å². The molecule has 36 heavy (non-hydrogen) atoms. The Morgan fingerprint density at radius 3 is 2.72 bits per heavy atom. The molecule has 3 aliphatic rings. The van der Waals surface area contributed by atoms with Gasteiger partial charge in [0.15, 0.2) is 5.84 Å². The van der Waals surface area contributed by atoms with Gasteiger partial charge in [-0.15, -0.1) is 0 Å². The van der Waals surface area contributed by atoms with Crippen LogP contribution in [0.2, 0.25) is 0 Å². The van der Waals surface area contributed by atoms with E-state index in [-0.39, 0.29) is 24.1 Å². The first-order valence-electron chi connectivity index (χ1n) is 12.3. The van der Waals surface area contributed by atoms with Crippen molar-refractivity contribution in [3.8, 4) is 5.75 Å². The Balaban J connectivity index is 1.45. The van der Waals surface area contributed by atoms with Crippen molar-refractivity contribution in [2.75, 3.05) is 18.1 Å². The number of nitrogens with one attached hydrogen (secondary N) is 1. The Kier molecular flexibility index (Phi) is 6.20. The van der Waals surface area contributed by atoms with Crippen molar-refractivity contribution in [2.45, 2.75) is 58.2 Å². The third-order valence-electron chi connectivity index (χ3n) is 6.66. The first kappa shape index (κ1) is 23.9. The summed E-state index contributed by atoms with van der Waals surface area (Å²) in [4.78, 5) is 29.1. The lowest BCUT2D eigenvalue weighted by Gasteiger charge is -2.39. The first-order valence-corrected chi connectivity index (χ1v) is 12.3. The maximum Gasteiger partial charge on any atom is 0.410 e. The van der Waals surface area contributed by atoms with E-state index in [0.717, 1.165) is 29.0 Å². The monoisotopic (exact) mass is 488 g/mol. The van der Waals surface area contributed by atoms with Gasteiger partial charge >= 0.3 is 6.09 Å². The maximum absolute atomic E-state index is 13.1. The fraction of sp³-hybridized carbons (Fsp3) is 0.393. The van der Waals surface area contributed by atoms with E-state index in [9.17, 15) is 9.59 Å². The highest BCUT2D eigenvalue weighted by atomic mass is 16.6. The summed E-state index contributed by atoms with van der Waals surface area (Å²) >= 11 is 0. The summed E-state index contributed by atoms with van der Waals surface area (Å²) in [6.07, 6.45) is 3.21. The Bertz CT molecular complexity index is 1230. The molecule has 0 saturated heterocycles. The fourth-order valence-electron chi connectivity index (χ4n) is 4.88. The molecule has 0 fully saturated rings. The molecule has 8 heteroatoms. The van der Waals surface area contributed by atoms with E-state index in [2.05, 4.69) is 34.8 Å². The summed E-state index contributed by atoms with van der Waals surface area (Å²) in [5.74, 6) is 1.26. The van der Waals surface area contributed by atoms with Gasteiger partial charge in [0.05, 0.1) is 5.69 Å². The molecule has 1 N–H and O–H groups in total. The molecule has 0 saturated carbocycles. The molecular weight excluding hydrogens is 456 g/mol. The van der Waals surface area contributed by atoms with Gasteiger partial charge in [0.1, 0.15) is 24.0 Å². The Morgan fingerprint density at radius 2 is 1.97 bits per heavy atom. The molecule has 2 amide bonds. The molecule has 3 aliphatic heterocycles. The predicted molar refractivity (Wildman–Crippen MR) is 139 cm³/mol. The lowest BCUT2D eigenvalue weighted by Crippen LogP contribution is -2.55. The number of ether oxygens (including phenoxy) is 2. The normalized spacial score (nSPS) is 21.4. The minimum atomic E-state index is -0.562. The molecule has 3 heterocycles. The van der Waals surface area contributed by atoms with Gasteiger partial charge in [-0.1, -0.05) is 42.5 Å². The second-order valence-electron chi connectivity index (χ2n) is 10.4. The summed E-state index contributed by atoms with van der Waals surface area (Å²) in [5.41, 5.74) is 6.20. The van der Waals surface area contributed by atoms with Gasteiger partial charge in [0, 0.05) is 12.6 Å². The van der Waals surface area contributed by atoms with E-state index >= 15 is 0 Å². The number of carbonyl (C=O) groups is 2. The van der Waals surface area contributed by atoms with Crippen LogP contribution in [0.1, 0.15) is 45.2 Å². The van der Waals surface area contributed by atoms with Crippen molar-refractivity contribution >= 4 is 29.1 Å². The zero-order valence-corrected chi connectivity index (χ0v) is 21.2. The van der Waals surface area contributed by atoms with Crippen molar-refractivity contribution in [1.29, 1.82) is 0 Å². The molecule has 2 aromatic carbocycles. The van der Waals surface area contributed by atoms with E-state index in [4.69, 9.17) is 9.47 Å². The summed E-state index contributed by atoms with van der Waals surface area (Å²) < 4.78 is 11.6. The highest BCUT2D eigenvalue weighted by Crippen LogP contribution is 2.39. The van der Waals surface area contributed by atoms with Crippen LogP contribution >= 0.6 is 0 Å². The molecule has 0 aromatic heterocycles. The Labute approximate surface area is 211 Å². The van der Waals surface area contributed by atoms with Crippen molar-refractivity contribution in [3.63, 3.8) is 0 Å². The highest BCUT2D eigenvalue weighted by molar-refractivity contribution is 6.09. The third kappa shape index (κ3) is 4.80. The van der Waals surface area contributed by atoms with Crippen molar-refractivity contribution < 1.29 is 19.1 Å². The van der Waals surface area contributed by atoms with Gasteiger partial charge in [-0.3, -0.25) is 4.79 Å². The lowest BCUT2D eigenvalue weighted by molar-refractivity contribution is -0.122. The zero-order chi connectivity index (χ0) is 25.4. The lowest BCUT2D eigenvalue weighted by atomic mass is 9.90. The van der Waals surface area contributed by atoms with Gasteiger partial charge in [-0.2, -0.15) is 5.10 Å². The predicted octanol–water partition coefficient (Wildman–Crippen LogP) is 4.35. The number of fused-ring (bicyclic) bond motifs is 3. The number of nitrogens with zero attached hydrogens (tertiary/aromatic N) is 3. The number of rotatable bonds is 3. The number of hydrogen-bond acceptors (Lipinski definition) is 6. The van der Waals surface area contributed by atoms with Crippen LogP contribution in [0.3, 0.4) is 0 Å². The summed E-state index contributed by atoms with van der Waals surface area (Å²) in [7, 11) is 0. The van der Waals surface area contributed by atoms with Crippen molar-refractivity contribution in [2.24, 2.45) is 5.10 Å². The second kappa shape index (κ2) is 9.33. The van der Waals surface area contributed by atoms with E-state index in [1.165, 1.54) is 5.56 Å². The van der Waals surface area contributed by atoms with Gasteiger partial charge < -0.3 is 19.3 Å². The number of anilines is 1. The zero-order valence-electron chi connectivity index (χ0n) is 21.2. The van der Waals surface area contributed by atoms with E-state index in [0.29, 0.717) is 25.4 Å². The summed E-state index contributed by atoms with van der Waals surface area (Å²) in [5, 5.41) is 4.19. The van der Waals surface area contributed by atoms with Crippen LogP contribution in [0, 0.1) is 0 Å². The molecular formula is C28H32N4O4. The molecule has 0 unspecified atom stereocenters. The van der Waals surface area contributed by atoms with E-state index in [1.54, 1.807) is 0 Å². The van der Waals surface area contributed by atoms with E-state index in [1.807, 2.05) is 67.8 Å². The molecule has 2 atom stereocenters. The number of amidine groups is 1. The second-order valence-corrected chi connectivity index (χ2v) is 10.4. The van der Waals surface area contributed by atoms with Crippen LogP contribution in [-0.2, 0) is 16.0 Å². The number of benzene rings is 2. The molecule has 188 valence electrons. The fourth-order valence-corrected chi connectivity index (χ4v) is 4.88. The molecule has 0 spiro atoms. The van der Waals surface area contributed by atoms with Crippen molar-refractivity contribution in [1.82, 2.24) is 10.3 Å². The van der Waals surface area contributed by atoms with E-state index < -0.39 is 5.60 Å².